The number of alkyl halides is 2. The second kappa shape index (κ2) is 5.38. The highest BCUT2D eigenvalue weighted by Crippen LogP contribution is 2.15. The Hall–Kier alpha value is -0.530. The molecule has 14 heavy (non-hydrogen) atoms. The van der Waals surface area contributed by atoms with Gasteiger partial charge in [0.1, 0.15) is 0 Å². The number of benzene rings is 1. The lowest BCUT2D eigenvalue weighted by Crippen LogP contribution is -2.06. The van der Waals surface area contributed by atoms with Crippen molar-refractivity contribution in [3.05, 3.63) is 34.9 Å². The fourth-order valence-electron chi connectivity index (χ4n) is 1.31. The molecule has 1 nitrogen and oxygen atoms in total. The monoisotopic (exact) mass is 230 g/mol. The van der Waals surface area contributed by atoms with Crippen LogP contribution in [0.1, 0.15) is 16.7 Å². The van der Waals surface area contributed by atoms with E-state index in [1.165, 1.54) is 0 Å². The smallest absolute Gasteiger partial charge is 0.151 e. The first-order valence-electron chi connectivity index (χ1n) is 4.39. The van der Waals surface area contributed by atoms with Crippen molar-refractivity contribution in [2.24, 2.45) is 0 Å². The average Bonchev–Trinajstić information content (AvgIpc) is 2.18. The molecule has 0 heterocycles. The normalized spacial score (nSPS) is 10.2. The van der Waals surface area contributed by atoms with Gasteiger partial charge in [-0.3, -0.25) is 4.79 Å². The molecule has 0 saturated carbocycles. The van der Waals surface area contributed by atoms with Crippen molar-refractivity contribution >= 4 is 29.0 Å². The van der Waals surface area contributed by atoms with Crippen LogP contribution in [-0.2, 0) is 17.1 Å². The lowest BCUT2D eigenvalue weighted by atomic mass is 10.0. The highest BCUT2D eigenvalue weighted by molar-refractivity contribution is 6.27. The van der Waals surface area contributed by atoms with Gasteiger partial charge in [0.05, 0.1) is 5.88 Å². The van der Waals surface area contributed by atoms with Crippen molar-refractivity contribution in [1.82, 2.24) is 0 Å². The van der Waals surface area contributed by atoms with Gasteiger partial charge in [-0.2, -0.15) is 0 Å². The number of hydrogen-bond donors (Lipinski definition) is 0. The van der Waals surface area contributed by atoms with E-state index in [1.54, 1.807) is 0 Å². The lowest BCUT2D eigenvalue weighted by molar-refractivity contribution is -0.116. The van der Waals surface area contributed by atoms with E-state index in [4.69, 9.17) is 23.2 Å². The second-order valence-electron chi connectivity index (χ2n) is 3.25. The van der Waals surface area contributed by atoms with E-state index in [0.29, 0.717) is 12.3 Å². The maximum atomic E-state index is 11.2. The van der Waals surface area contributed by atoms with E-state index < -0.39 is 0 Å². The average molecular weight is 231 g/mol. The Kier molecular flexibility index (Phi) is 4.43. The summed E-state index contributed by atoms with van der Waals surface area (Å²) < 4.78 is 0. The minimum absolute atomic E-state index is 0.0311. The molecule has 0 fully saturated rings. The summed E-state index contributed by atoms with van der Waals surface area (Å²) in [5.41, 5.74) is 3.14. The number of rotatable bonds is 4. The van der Waals surface area contributed by atoms with Gasteiger partial charge in [-0.25, -0.2) is 0 Å². The van der Waals surface area contributed by atoms with Crippen molar-refractivity contribution in [2.75, 3.05) is 5.88 Å². The quantitative estimate of drug-likeness (QED) is 0.727. The molecule has 0 aliphatic carbocycles. The van der Waals surface area contributed by atoms with Gasteiger partial charge in [-0.05, 0) is 18.1 Å². The molecule has 0 saturated heterocycles. The summed E-state index contributed by atoms with van der Waals surface area (Å²) in [6.45, 7) is 1.99. The van der Waals surface area contributed by atoms with Crippen molar-refractivity contribution in [2.45, 2.75) is 19.2 Å². The first-order chi connectivity index (χ1) is 6.67. The van der Waals surface area contributed by atoms with Crippen molar-refractivity contribution in [3.8, 4) is 0 Å². The standard InChI is InChI=1S/C11H12Cl2O/c1-8-2-3-9(6-12)10(4-8)5-11(14)7-13/h2-4H,5-7H2,1H3. The fourth-order valence-corrected chi connectivity index (χ4v) is 1.66. The Morgan fingerprint density at radius 2 is 2.00 bits per heavy atom. The summed E-state index contributed by atoms with van der Waals surface area (Å²) in [6.07, 6.45) is 0.382. The van der Waals surface area contributed by atoms with Crippen LogP contribution in [0.2, 0.25) is 0 Å². The molecular weight excluding hydrogens is 219 g/mol. The minimum Gasteiger partial charge on any atom is -0.298 e. The Balaban J connectivity index is 2.93. The molecule has 0 radical (unpaired) electrons. The van der Waals surface area contributed by atoms with Gasteiger partial charge in [-0.1, -0.05) is 23.8 Å². The third kappa shape index (κ3) is 3.00. The molecule has 0 spiro atoms. The van der Waals surface area contributed by atoms with E-state index in [9.17, 15) is 4.79 Å². The molecule has 0 aliphatic rings. The van der Waals surface area contributed by atoms with Gasteiger partial charge in [0.15, 0.2) is 5.78 Å². The maximum absolute atomic E-state index is 11.2. The summed E-state index contributed by atoms with van der Waals surface area (Å²) in [5, 5.41) is 0. The van der Waals surface area contributed by atoms with Crippen molar-refractivity contribution < 1.29 is 4.79 Å². The third-order valence-corrected chi connectivity index (χ3v) is 2.63. The number of hydrogen-bond acceptors (Lipinski definition) is 1. The molecule has 0 bridgehead atoms. The van der Waals surface area contributed by atoms with Crippen LogP contribution in [0.3, 0.4) is 0 Å². The summed E-state index contributed by atoms with van der Waals surface area (Å²) in [7, 11) is 0. The summed E-state index contributed by atoms with van der Waals surface area (Å²) in [6, 6.07) is 5.94. The zero-order valence-electron chi connectivity index (χ0n) is 8.02. The van der Waals surface area contributed by atoms with Crippen LogP contribution in [0.15, 0.2) is 18.2 Å². The first-order valence-corrected chi connectivity index (χ1v) is 5.46. The van der Waals surface area contributed by atoms with Gasteiger partial charge in [0, 0.05) is 12.3 Å². The van der Waals surface area contributed by atoms with Crippen LogP contribution >= 0.6 is 23.2 Å². The van der Waals surface area contributed by atoms with Crippen molar-refractivity contribution in [1.29, 1.82) is 0 Å². The molecular formula is C11H12Cl2O. The molecule has 0 N–H and O–H groups in total. The van der Waals surface area contributed by atoms with E-state index in [0.717, 1.165) is 16.7 Å². The summed E-state index contributed by atoms with van der Waals surface area (Å²) in [4.78, 5) is 11.2. The zero-order chi connectivity index (χ0) is 10.6. The number of aryl methyl sites for hydroxylation is 1. The van der Waals surface area contributed by atoms with E-state index >= 15 is 0 Å². The zero-order valence-corrected chi connectivity index (χ0v) is 9.53. The second-order valence-corrected chi connectivity index (χ2v) is 3.79. The van der Waals surface area contributed by atoms with Crippen LogP contribution in [0.25, 0.3) is 0 Å². The van der Waals surface area contributed by atoms with Crippen molar-refractivity contribution in [3.63, 3.8) is 0 Å². The lowest BCUT2D eigenvalue weighted by Gasteiger charge is -2.06. The summed E-state index contributed by atoms with van der Waals surface area (Å²) >= 11 is 11.2. The van der Waals surface area contributed by atoms with E-state index in [2.05, 4.69) is 0 Å². The predicted octanol–water partition coefficient (Wildman–Crippen LogP) is 3.08. The molecule has 0 unspecified atom stereocenters. The van der Waals surface area contributed by atoms with Crippen LogP contribution in [0.5, 0.6) is 0 Å². The fraction of sp³-hybridized carbons (Fsp3) is 0.364. The van der Waals surface area contributed by atoms with Gasteiger partial charge < -0.3 is 0 Å². The molecule has 1 aromatic carbocycles. The van der Waals surface area contributed by atoms with E-state index in [-0.39, 0.29) is 11.7 Å². The number of ketones is 1. The molecule has 0 amide bonds. The Labute approximate surface area is 94.0 Å². The number of carbonyl (C=O) groups is 1. The predicted molar refractivity (Wildman–Crippen MR) is 60.2 cm³/mol. The largest absolute Gasteiger partial charge is 0.298 e. The van der Waals surface area contributed by atoms with Gasteiger partial charge in [0.25, 0.3) is 0 Å². The topological polar surface area (TPSA) is 17.1 Å². The van der Waals surface area contributed by atoms with Gasteiger partial charge >= 0.3 is 0 Å². The molecule has 0 aromatic heterocycles. The minimum atomic E-state index is 0.0311. The third-order valence-electron chi connectivity index (χ3n) is 2.04. The highest BCUT2D eigenvalue weighted by Gasteiger charge is 2.06. The highest BCUT2D eigenvalue weighted by atomic mass is 35.5. The Morgan fingerprint density at radius 3 is 2.57 bits per heavy atom. The molecule has 1 aromatic rings. The van der Waals surface area contributed by atoms with E-state index in [1.807, 2.05) is 25.1 Å². The summed E-state index contributed by atoms with van der Waals surface area (Å²) in [5.74, 6) is 0.532. The first kappa shape index (κ1) is 11.5. The van der Waals surface area contributed by atoms with Gasteiger partial charge in [0.2, 0.25) is 0 Å². The van der Waals surface area contributed by atoms with Crippen LogP contribution in [-0.4, -0.2) is 11.7 Å². The molecule has 1 rings (SSSR count). The number of carbonyl (C=O) groups excluding carboxylic acids is 1. The SMILES string of the molecule is Cc1ccc(CCl)c(CC(=O)CCl)c1. The molecule has 76 valence electrons. The molecule has 3 heteroatoms. The molecule has 0 aliphatic heterocycles. The molecule has 0 atom stereocenters. The number of halogens is 2. The van der Waals surface area contributed by atoms with Crippen LogP contribution in [0.4, 0.5) is 0 Å². The van der Waals surface area contributed by atoms with Crippen LogP contribution in [0, 0.1) is 6.92 Å². The van der Waals surface area contributed by atoms with Crippen LogP contribution < -0.4 is 0 Å². The maximum Gasteiger partial charge on any atom is 0.151 e. The number of Topliss-reactive ketones (excluding diaryl/α,β-unsaturated/α-hetero) is 1. The Morgan fingerprint density at radius 1 is 1.29 bits per heavy atom. The Bertz CT molecular complexity index is 334. The van der Waals surface area contributed by atoms with Gasteiger partial charge in [-0.15, -0.1) is 23.2 Å².